The molecule has 1 N–H and O–H groups in total. The Morgan fingerprint density at radius 3 is 2.60 bits per heavy atom. The lowest BCUT2D eigenvalue weighted by Crippen LogP contribution is -2.19. The molecule has 0 fully saturated rings. The summed E-state index contributed by atoms with van der Waals surface area (Å²) in [6.45, 7) is 3.25. The van der Waals surface area contributed by atoms with Crippen LogP contribution < -0.4 is 0 Å². The van der Waals surface area contributed by atoms with Gasteiger partial charge in [0.2, 0.25) is 0 Å². The van der Waals surface area contributed by atoms with Crippen LogP contribution in [-0.2, 0) is 9.53 Å². The Morgan fingerprint density at radius 2 is 2.30 bits per heavy atom. The molecule has 3 nitrogen and oxygen atoms in total. The maximum atomic E-state index is 10.4. The molecule has 0 saturated carbocycles. The zero-order chi connectivity index (χ0) is 7.98. The minimum atomic E-state index is -0.326. The van der Waals surface area contributed by atoms with Crippen LogP contribution in [0.25, 0.3) is 0 Å². The normalized spacial score (nSPS) is 12.7. The van der Waals surface area contributed by atoms with Crippen molar-refractivity contribution in [3.8, 4) is 0 Å². The molecular weight excluding hydrogens is 132 g/mol. The van der Waals surface area contributed by atoms with E-state index in [4.69, 9.17) is 9.84 Å². The fourth-order valence-electron chi connectivity index (χ4n) is 0.744. The molecule has 10 heavy (non-hydrogen) atoms. The number of aliphatic hydroxyl groups is 1. The van der Waals surface area contributed by atoms with Gasteiger partial charge in [0, 0.05) is 6.92 Å². The molecular formula is C7H14O3. The summed E-state index contributed by atoms with van der Waals surface area (Å²) in [5, 5.41) is 8.63. The van der Waals surface area contributed by atoms with Crippen LogP contribution in [0.3, 0.4) is 0 Å². The van der Waals surface area contributed by atoms with Crippen LogP contribution in [-0.4, -0.2) is 23.8 Å². The summed E-state index contributed by atoms with van der Waals surface area (Å²) in [5.41, 5.74) is 0. The molecule has 1 atom stereocenters. The lowest BCUT2D eigenvalue weighted by molar-refractivity contribution is -0.148. The molecule has 0 unspecified atom stereocenters. The quantitative estimate of drug-likeness (QED) is 0.594. The van der Waals surface area contributed by atoms with Crippen LogP contribution in [0.1, 0.15) is 26.7 Å². The van der Waals surface area contributed by atoms with Crippen molar-refractivity contribution >= 4 is 5.97 Å². The average molecular weight is 146 g/mol. The predicted octanol–water partition coefficient (Wildman–Crippen LogP) is 0.710. The highest BCUT2D eigenvalue weighted by Crippen LogP contribution is 2.00. The summed E-state index contributed by atoms with van der Waals surface area (Å²) >= 11 is 0. The lowest BCUT2D eigenvalue weighted by Gasteiger charge is -2.12. The van der Waals surface area contributed by atoms with Gasteiger partial charge in [0.05, 0.1) is 6.61 Å². The molecule has 0 heterocycles. The van der Waals surface area contributed by atoms with Crippen molar-refractivity contribution in [1.82, 2.24) is 0 Å². The maximum Gasteiger partial charge on any atom is 0.302 e. The van der Waals surface area contributed by atoms with Gasteiger partial charge >= 0.3 is 5.97 Å². The Balaban J connectivity index is 3.49. The van der Waals surface area contributed by atoms with Crippen molar-refractivity contribution in [1.29, 1.82) is 0 Å². The van der Waals surface area contributed by atoms with E-state index in [0.29, 0.717) is 0 Å². The molecule has 60 valence electrons. The summed E-state index contributed by atoms with van der Waals surface area (Å²) in [7, 11) is 0. The van der Waals surface area contributed by atoms with E-state index >= 15 is 0 Å². The van der Waals surface area contributed by atoms with Crippen molar-refractivity contribution < 1.29 is 14.6 Å². The fourth-order valence-corrected chi connectivity index (χ4v) is 0.744. The highest BCUT2D eigenvalue weighted by atomic mass is 16.5. The van der Waals surface area contributed by atoms with Crippen LogP contribution >= 0.6 is 0 Å². The van der Waals surface area contributed by atoms with Gasteiger partial charge < -0.3 is 9.84 Å². The number of aliphatic hydroxyl groups excluding tert-OH is 1. The zero-order valence-corrected chi connectivity index (χ0v) is 6.46. The number of rotatable bonds is 4. The van der Waals surface area contributed by atoms with E-state index in [1.165, 1.54) is 6.92 Å². The van der Waals surface area contributed by atoms with Crippen LogP contribution in [0, 0.1) is 0 Å². The molecule has 0 amide bonds. The second-order valence-corrected chi connectivity index (χ2v) is 2.20. The van der Waals surface area contributed by atoms with Crippen molar-refractivity contribution in [3.63, 3.8) is 0 Å². The topological polar surface area (TPSA) is 46.5 Å². The van der Waals surface area contributed by atoms with E-state index in [1.807, 2.05) is 6.92 Å². The van der Waals surface area contributed by atoms with Gasteiger partial charge in [-0.2, -0.15) is 0 Å². The van der Waals surface area contributed by atoms with Gasteiger partial charge in [0.1, 0.15) is 6.10 Å². The molecule has 0 spiro atoms. The van der Waals surface area contributed by atoms with Crippen LogP contribution in [0.5, 0.6) is 0 Å². The van der Waals surface area contributed by atoms with Crippen molar-refractivity contribution in [3.05, 3.63) is 0 Å². The van der Waals surface area contributed by atoms with E-state index in [2.05, 4.69) is 0 Å². The summed E-state index contributed by atoms with van der Waals surface area (Å²) < 4.78 is 4.75. The second kappa shape index (κ2) is 5.23. The zero-order valence-electron chi connectivity index (χ0n) is 6.46. The third-order valence-corrected chi connectivity index (χ3v) is 1.15. The number of hydrogen-bond acceptors (Lipinski definition) is 3. The van der Waals surface area contributed by atoms with Gasteiger partial charge in [-0.25, -0.2) is 0 Å². The first-order valence-electron chi connectivity index (χ1n) is 3.48. The second-order valence-electron chi connectivity index (χ2n) is 2.20. The Hall–Kier alpha value is -0.570. The smallest absolute Gasteiger partial charge is 0.302 e. The summed E-state index contributed by atoms with van der Waals surface area (Å²) in [5.74, 6) is -0.326. The molecule has 0 aromatic rings. The molecule has 0 aliphatic rings. The minimum absolute atomic E-state index is 0.0760. The summed E-state index contributed by atoms with van der Waals surface area (Å²) in [4.78, 5) is 10.4. The molecule has 0 aliphatic heterocycles. The Labute approximate surface area is 61.0 Å². The van der Waals surface area contributed by atoms with E-state index in [-0.39, 0.29) is 18.7 Å². The Bertz CT molecular complexity index is 101. The van der Waals surface area contributed by atoms with Gasteiger partial charge in [0.25, 0.3) is 0 Å². The van der Waals surface area contributed by atoms with Gasteiger partial charge in [-0.1, -0.05) is 13.3 Å². The van der Waals surface area contributed by atoms with Gasteiger partial charge in [0.15, 0.2) is 0 Å². The van der Waals surface area contributed by atoms with E-state index in [1.54, 1.807) is 0 Å². The summed E-state index contributed by atoms with van der Waals surface area (Å²) in [6, 6.07) is 0. The molecule has 0 aliphatic carbocycles. The molecule has 0 aromatic carbocycles. The largest absolute Gasteiger partial charge is 0.460 e. The van der Waals surface area contributed by atoms with Crippen LogP contribution in [0.2, 0.25) is 0 Å². The van der Waals surface area contributed by atoms with E-state index in [9.17, 15) is 4.79 Å². The number of hydrogen-bond donors (Lipinski definition) is 1. The standard InChI is InChI=1S/C7H14O3/c1-3-4-7(5-8)10-6(2)9/h7-8H,3-5H2,1-2H3/t7-/m0/s1. The minimum Gasteiger partial charge on any atom is -0.460 e. The lowest BCUT2D eigenvalue weighted by atomic mass is 10.2. The number of carbonyl (C=O) groups is 1. The van der Waals surface area contributed by atoms with Gasteiger partial charge in [-0.3, -0.25) is 4.79 Å². The highest BCUT2D eigenvalue weighted by molar-refractivity contribution is 5.66. The maximum absolute atomic E-state index is 10.4. The van der Waals surface area contributed by atoms with Crippen LogP contribution in [0.15, 0.2) is 0 Å². The number of carbonyl (C=O) groups excluding carboxylic acids is 1. The van der Waals surface area contributed by atoms with Crippen LogP contribution in [0.4, 0.5) is 0 Å². The molecule has 0 rings (SSSR count). The van der Waals surface area contributed by atoms with E-state index < -0.39 is 0 Å². The first-order chi connectivity index (χ1) is 4.70. The SMILES string of the molecule is CCC[C@@H](CO)OC(C)=O. The summed E-state index contributed by atoms with van der Waals surface area (Å²) in [6.07, 6.45) is 1.34. The van der Waals surface area contributed by atoms with Crippen molar-refractivity contribution in [2.75, 3.05) is 6.61 Å². The third kappa shape index (κ3) is 4.32. The van der Waals surface area contributed by atoms with Crippen molar-refractivity contribution in [2.24, 2.45) is 0 Å². The molecule has 0 aromatic heterocycles. The van der Waals surface area contributed by atoms with Crippen molar-refractivity contribution in [2.45, 2.75) is 32.8 Å². The predicted molar refractivity (Wildman–Crippen MR) is 37.5 cm³/mol. The third-order valence-electron chi connectivity index (χ3n) is 1.15. The molecule has 0 bridgehead atoms. The van der Waals surface area contributed by atoms with Gasteiger partial charge in [-0.05, 0) is 6.42 Å². The molecule has 0 radical (unpaired) electrons. The molecule has 0 saturated heterocycles. The van der Waals surface area contributed by atoms with E-state index in [0.717, 1.165) is 12.8 Å². The Morgan fingerprint density at radius 1 is 1.70 bits per heavy atom. The number of esters is 1. The van der Waals surface area contributed by atoms with Gasteiger partial charge in [-0.15, -0.1) is 0 Å². The fraction of sp³-hybridized carbons (Fsp3) is 0.857. The Kier molecular flexibility index (Phi) is 4.94. The molecule has 3 heteroatoms. The average Bonchev–Trinajstić information content (AvgIpc) is 1.86. The first-order valence-corrected chi connectivity index (χ1v) is 3.48. The monoisotopic (exact) mass is 146 g/mol. The number of ether oxygens (including phenoxy) is 1. The highest BCUT2D eigenvalue weighted by Gasteiger charge is 2.07. The first kappa shape index (κ1) is 9.43.